The molecule has 0 saturated heterocycles. The van der Waals surface area contributed by atoms with Crippen LogP contribution in [0.1, 0.15) is 40.5 Å². The van der Waals surface area contributed by atoms with E-state index in [9.17, 15) is 0 Å². The second-order valence-electron chi connectivity index (χ2n) is 5.00. The Balaban J connectivity index is 3.04. The first-order chi connectivity index (χ1) is 6.97. The first-order valence-corrected chi connectivity index (χ1v) is 5.66. The lowest BCUT2D eigenvalue weighted by atomic mass is 9.73. The average molecular weight is 202 g/mol. The van der Waals surface area contributed by atoms with Gasteiger partial charge in [-0.1, -0.05) is 55.9 Å². The average Bonchev–Trinajstić information content (AvgIpc) is 2.15. The van der Waals surface area contributed by atoms with Crippen LogP contribution < -0.4 is 0 Å². The number of hydrogen-bond acceptors (Lipinski definition) is 0. The third-order valence-electron chi connectivity index (χ3n) is 3.21. The summed E-state index contributed by atoms with van der Waals surface area (Å²) in [6.07, 6.45) is 11.1. The predicted octanol–water partition coefficient (Wildman–Crippen LogP) is 4.81. The molecule has 0 spiro atoms. The highest BCUT2D eigenvalue weighted by molar-refractivity contribution is 5.40. The fraction of sp³-hybridized carbons (Fsp3) is 0.467. The van der Waals surface area contributed by atoms with Crippen LogP contribution >= 0.6 is 0 Å². The number of allylic oxidation sites excluding steroid dienone is 7. The minimum Gasteiger partial charge on any atom is -0.0988 e. The molecule has 0 aliphatic heterocycles. The Morgan fingerprint density at radius 1 is 1.47 bits per heavy atom. The minimum atomic E-state index is 0.316. The van der Waals surface area contributed by atoms with Crippen LogP contribution in [-0.4, -0.2) is 0 Å². The van der Waals surface area contributed by atoms with Gasteiger partial charge < -0.3 is 0 Å². The largest absolute Gasteiger partial charge is 0.0988 e. The quantitative estimate of drug-likeness (QED) is 0.564. The summed E-state index contributed by atoms with van der Waals surface area (Å²) in [6, 6.07) is 0. The van der Waals surface area contributed by atoms with Gasteiger partial charge in [-0.2, -0.15) is 0 Å². The first-order valence-electron chi connectivity index (χ1n) is 5.66. The van der Waals surface area contributed by atoms with Gasteiger partial charge >= 0.3 is 0 Å². The van der Waals surface area contributed by atoms with E-state index in [1.54, 1.807) is 0 Å². The van der Waals surface area contributed by atoms with Gasteiger partial charge in [0, 0.05) is 0 Å². The number of rotatable bonds is 2. The molecule has 1 rings (SSSR count). The van der Waals surface area contributed by atoms with Gasteiger partial charge in [0.1, 0.15) is 0 Å². The van der Waals surface area contributed by atoms with Crippen molar-refractivity contribution >= 4 is 0 Å². The van der Waals surface area contributed by atoms with Crippen molar-refractivity contribution in [2.24, 2.45) is 5.41 Å². The standard InChI is InChI=1S/C15H22/c1-6-12(2)9-10-14-13(3)8-7-11-15(14,4)5/h6,8-10H,1,7,11H2,2-5H3. The van der Waals surface area contributed by atoms with Crippen molar-refractivity contribution in [3.63, 3.8) is 0 Å². The molecule has 0 saturated carbocycles. The Kier molecular flexibility index (Phi) is 3.73. The summed E-state index contributed by atoms with van der Waals surface area (Å²) < 4.78 is 0. The lowest BCUT2D eigenvalue weighted by Crippen LogP contribution is -2.18. The Bertz CT molecular complexity index is 335. The molecule has 0 amide bonds. The van der Waals surface area contributed by atoms with E-state index < -0.39 is 0 Å². The van der Waals surface area contributed by atoms with Gasteiger partial charge in [-0.25, -0.2) is 0 Å². The fourth-order valence-electron chi connectivity index (χ4n) is 2.07. The third-order valence-corrected chi connectivity index (χ3v) is 3.21. The second-order valence-corrected chi connectivity index (χ2v) is 5.00. The number of hydrogen-bond donors (Lipinski definition) is 0. The molecule has 0 heteroatoms. The Morgan fingerprint density at radius 2 is 2.13 bits per heavy atom. The summed E-state index contributed by atoms with van der Waals surface area (Å²) in [5, 5.41) is 0. The van der Waals surface area contributed by atoms with E-state index in [-0.39, 0.29) is 0 Å². The van der Waals surface area contributed by atoms with Crippen molar-refractivity contribution in [3.8, 4) is 0 Å². The van der Waals surface area contributed by atoms with Crippen molar-refractivity contribution in [2.75, 3.05) is 0 Å². The van der Waals surface area contributed by atoms with E-state index >= 15 is 0 Å². The maximum atomic E-state index is 3.77. The summed E-state index contributed by atoms with van der Waals surface area (Å²) >= 11 is 0. The van der Waals surface area contributed by atoms with Crippen LogP contribution in [-0.2, 0) is 0 Å². The van der Waals surface area contributed by atoms with Crippen LogP contribution in [0.2, 0.25) is 0 Å². The van der Waals surface area contributed by atoms with Gasteiger partial charge in [-0.05, 0) is 37.7 Å². The highest BCUT2D eigenvalue weighted by Gasteiger charge is 2.25. The Labute approximate surface area is 94.1 Å². The third kappa shape index (κ3) is 2.95. The van der Waals surface area contributed by atoms with Gasteiger partial charge in [-0.15, -0.1) is 0 Å². The first kappa shape index (κ1) is 12.0. The van der Waals surface area contributed by atoms with E-state index in [4.69, 9.17) is 0 Å². The van der Waals surface area contributed by atoms with E-state index in [2.05, 4.69) is 52.5 Å². The fourth-order valence-corrected chi connectivity index (χ4v) is 2.07. The SMILES string of the molecule is C=CC(C)=CC=C1C(C)=CCCC1(C)C. The van der Waals surface area contributed by atoms with Crippen molar-refractivity contribution in [2.45, 2.75) is 40.5 Å². The summed E-state index contributed by atoms with van der Waals surface area (Å²) in [7, 11) is 0. The van der Waals surface area contributed by atoms with Crippen molar-refractivity contribution in [1.29, 1.82) is 0 Å². The summed E-state index contributed by atoms with van der Waals surface area (Å²) in [6.45, 7) is 12.7. The monoisotopic (exact) mass is 202 g/mol. The van der Waals surface area contributed by atoms with Crippen LogP contribution in [0.5, 0.6) is 0 Å². The molecule has 82 valence electrons. The van der Waals surface area contributed by atoms with Crippen molar-refractivity contribution in [1.82, 2.24) is 0 Å². The van der Waals surface area contributed by atoms with Crippen LogP contribution in [0.4, 0.5) is 0 Å². The minimum absolute atomic E-state index is 0.316. The van der Waals surface area contributed by atoms with Crippen LogP contribution in [0.15, 0.2) is 47.6 Å². The molecule has 0 nitrogen and oxygen atoms in total. The summed E-state index contributed by atoms with van der Waals surface area (Å²) in [4.78, 5) is 0. The maximum Gasteiger partial charge on any atom is -0.00981 e. The molecule has 15 heavy (non-hydrogen) atoms. The van der Waals surface area contributed by atoms with Gasteiger partial charge in [0.15, 0.2) is 0 Å². The Hall–Kier alpha value is -1.04. The molecule has 0 atom stereocenters. The molecular weight excluding hydrogens is 180 g/mol. The summed E-state index contributed by atoms with van der Waals surface area (Å²) in [5.41, 5.74) is 4.43. The van der Waals surface area contributed by atoms with E-state index in [0.29, 0.717) is 5.41 Å². The zero-order valence-corrected chi connectivity index (χ0v) is 10.4. The van der Waals surface area contributed by atoms with E-state index in [1.165, 1.54) is 29.6 Å². The van der Waals surface area contributed by atoms with Gasteiger partial charge in [-0.3, -0.25) is 0 Å². The molecule has 1 aliphatic carbocycles. The molecule has 0 aromatic rings. The lowest BCUT2D eigenvalue weighted by molar-refractivity contribution is 0.404. The molecule has 0 aromatic heterocycles. The Morgan fingerprint density at radius 3 is 2.67 bits per heavy atom. The smallest absolute Gasteiger partial charge is 0.00981 e. The zero-order valence-electron chi connectivity index (χ0n) is 10.4. The highest BCUT2D eigenvalue weighted by Crippen LogP contribution is 2.40. The van der Waals surface area contributed by atoms with Crippen molar-refractivity contribution < 1.29 is 0 Å². The van der Waals surface area contributed by atoms with Crippen LogP contribution in [0.25, 0.3) is 0 Å². The molecule has 0 unspecified atom stereocenters. The molecular formula is C15H22. The van der Waals surface area contributed by atoms with Crippen molar-refractivity contribution in [3.05, 3.63) is 47.6 Å². The van der Waals surface area contributed by atoms with Gasteiger partial charge in [0.2, 0.25) is 0 Å². The lowest BCUT2D eigenvalue weighted by Gasteiger charge is -2.32. The molecule has 1 aliphatic rings. The normalized spacial score (nSPS) is 23.9. The van der Waals surface area contributed by atoms with Gasteiger partial charge in [0.25, 0.3) is 0 Å². The van der Waals surface area contributed by atoms with E-state index in [0.717, 1.165) is 0 Å². The van der Waals surface area contributed by atoms with E-state index in [1.807, 2.05) is 6.08 Å². The topological polar surface area (TPSA) is 0 Å². The molecule has 0 bridgehead atoms. The highest BCUT2D eigenvalue weighted by atomic mass is 14.3. The predicted molar refractivity (Wildman–Crippen MR) is 68.8 cm³/mol. The second kappa shape index (κ2) is 4.65. The molecule has 0 heterocycles. The zero-order chi connectivity index (χ0) is 11.5. The van der Waals surface area contributed by atoms with Crippen LogP contribution in [0, 0.1) is 5.41 Å². The molecule has 0 N–H and O–H groups in total. The molecule has 0 radical (unpaired) electrons. The maximum absolute atomic E-state index is 3.77. The molecule has 0 fully saturated rings. The van der Waals surface area contributed by atoms with Gasteiger partial charge in [0.05, 0.1) is 0 Å². The molecule has 0 aromatic carbocycles. The van der Waals surface area contributed by atoms with Crippen LogP contribution in [0.3, 0.4) is 0 Å². The summed E-state index contributed by atoms with van der Waals surface area (Å²) in [5.74, 6) is 0.